The fourth-order valence-corrected chi connectivity index (χ4v) is 1.60. The van der Waals surface area contributed by atoms with Gasteiger partial charge in [0.15, 0.2) is 5.75 Å². The number of hydrogen-bond acceptors (Lipinski definition) is 4. The molecule has 0 aliphatic carbocycles. The predicted molar refractivity (Wildman–Crippen MR) is 77.6 cm³/mol. The zero-order valence-corrected chi connectivity index (χ0v) is 12.0. The minimum atomic E-state index is -0.395. The van der Waals surface area contributed by atoms with Crippen LogP contribution in [0.25, 0.3) is 0 Å². The summed E-state index contributed by atoms with van der Waals surface area (Å²) in [7, 11) is 1.44. The lowest BCUT2D eigenvalue weighted by atomic mass is 10.1. The molecule has 0 aromatic heterocycles. The third kappa shape index (κ3) is 4.46. The van der Waals surface area contributed by atoms with E-state index in [0.29, 0.717) is 29.5 Å². The lowest BCUT2D eigenvalue weighted by Crippen LogP contribution is -2.38. The number of ether oxygens (including phenoxy) is 1. The molecule has 1 aromatic carbocycles. The van der Waals surface area contributed by atoms with Gasteiger partial charge in [-0.1, -0.05) is 19.9 Å². The quantitative estimate of drug-likeness (QED) is 0.671. The smallest absolute Gasteiger partial charge is 0.255 e. The average Bonchev–Trinajstić information content (AvgIpc) is 2.42. The molecular weight excluding hydrogens is 258 g/mol. The highest BCUT2D eigenvalue weighted by Gasteiger charge is 2.15. The highest BCUT2D eigenvalue weighted by Crippen LogP contribution is 2.25. The molecule has 0 radical (unpaired) electrons. The summed E-state index contributed by atoms with van der Waals surface area (Å²) in [5, 5.41) is 5.26. The highest BCUT2D eigenvalue weighted by molar-refractivity contribution is 6.00. The van der Waals surface area contributed by atoms with Crippen molar-refractivity contribution in [3.8, 4) is 5.75 Å². The molecule has 4 N–H and O–H groups in total. The van der Waals surface area contributed by atoms with Crippen molar-refractivity contribution in [2.75, 3.05) is 25.9 Å². The van der Waals surface area contributed by atoms with Crippen LogP contribution in [-0.4, -0.2) is 32.0 Å². The first-order valence-corrected chi connectivity index (χ1v) is 6.43. The van der Waals surface area contributed by atoms with Crippen molar-refractivity contribution in [2.45, 2.75) is 13.8 Å². The summed E-state index contributed by atoms with van der Waals surface area (Å²) in [6, 6.07) is 4.90. The molecule has 0 fully saturated rings. The number of amides is 2. The average molecular weight is 279 g/mol. The van der Waals surface area contributed by atoms with Gasteiger partial charge in [0.25, 0.3) is 5.91 Å². The van der Waals surface area contributed by atoms with E-state index in [1.807, 2.05) is 13.8 Å². The van der Waals surface area contributed by atoms with Gasteiger partial charge in [0.05, 0.1) is 24.9 Å². The van der Waals surface area contributed by atoms with Crippen LogP contribution in [-0.2, 0) is 4.79 Å². The van der Waals surface area contributed by atoms with Gasteiger partial charge in [-0.2, -0.15) is 0 Å². The number of carbonyl (C=O) groups excluding carboxylic acids is 2. The summed E-state index contributed by atoms with van der Waals surface area (Å²) >= 11 is 0. The summed E-state index contributed by atoms with van der Waals surface area (Å²) in [5.74, 6) is 0.0556. The predicted octanol–water partition coefficient (Wildman–Crippen LogP) is 0.779. The first-order valence-electron chi connectivity index (χ1n) is 6.43. The second kappa shape index (κ2) is 7.37. The number of para-hydroxylation sites is 1. The van der Waals surface area contributed by atoms with E-state index in [-0.39, 0.29) is 12.5 Å². The van der Waals surface area contributed by atoms with Crippen molar-refractivity contribution in [2.24, 2.45) is 5.92 Å². The minimum Gasteiger partial charge on any atom is -0.494 e. The van der Waals surface area contributed by atoms with Crippen LogP contribution in [0.5, 0.6) is 5.75 Å². The molecule has 0 saturated carbocycles. The molecule has 1 aromatic rings. The molecule has 0 heterocycles. The molecule has 2 amide bonds. The van der Waals surface area contributed by atoms with Crippen molar-refractivity contribution >= 4 is 17.5 Å². The molecule has 0 spiro atoms. The zero-order chi connectivity index (χ0) is 15.1. The third-order valence-electron chi connectivity index (χ3n) is 2.61. The van der Waals surface area contributed by atoms with E-state index in [9.17, 15) is 9.59 Å². The normalized spacial score (nSPS) is 10.2. The Bertz CT molecular complexity index is 487. The van der Waals surface area contributed by atoms with Crippen LogP contribution in [0, 0.1) is 5.92 Å². The zero-order valence-electron chi connectivity index (χ0n) is 12.0. The van der Waals surface area contributed by atoms with Crippen molar-refractivity contribution in [3.63, 3.8) is 0 Å². The topological polar surface area (TPSA) is 93.4 Å². The van der Waals surface area contributed by atoms with Gasteiger partial charge in [0.2, 0.25) is 5.91 Å². The van der Waals surface area contributed by atoms with E-state index in [1.54, 1.807) is 18.2 Å². The van der Waals surface area contributed by atoms with Gasteiger partial charge in [-0.05, 0) is 18.1 Å². The van der Waals surface area contributed by atoms with Crippen LogP contribution in [0.4, 0.5) is 5.69 Å². The second-order valence-electron chi connectivity index (χ2n) is 4.81. The van der Waals surface area contributed by atoms with Crippen LogP contribution >= 0.6 is 0 Å². The number of hydrogen-bond donors (Lipinski definition) is 3. The van der Waals surface area contributed by atoms with E-state index in [1.165, 1.54) is 7.11 Å². The number of rotatable bonds is 6. The number of anilines is 1. The number of nitrogens with one attached hydrogen (secondary N) is 2. The number of carbonyl (C=O) groups is 2. The van der Waals surface area contributed by atoms with Gasteiger partial charge < -0.3 is 21.1 Å². The molecule has 20 heavy (non-hydrogen) atoms. The maximum atomic E-state index is 12.0. The van der Waals surface area contributed by atoms with Crippen LogP contribution in [0.2, 0.25) is 0 Å². The lowest BCUT2D eigenvalue weighted by Gasteiger charge is -2.11. The van der Waals surface area contributed by atoms with E-state index in [2.05, 4.69) is 10.6 Å². The highest BCUT2D eigenvalue weighted by atomic mass is 16.5. The summed E-state index contributed by atoms with van der Waals surface area (Å²) in [4.78, 5) is 23.5. The fourth-order valence-electron chi connectivity index (χ4n) is 1.60. The van der Waals surface area contributed by atoms with Crippen LogP contribution < -0.4 is 21.1 Å². The summed E-state index contributed by atoms with van der Waals surface area (Å²) in [5.41, 5.74) is 6.41. The van der Waals surface area contributed by atoms with Gasteiger partial charge >= 0.3 is 0 Å². The van der Waals surface area contributed by atoms with Crippen LogP contribution in [0.15, 0.2) is 18.2 Å². The molecular formula is C14H21N3O3. The van der Waals surface area contributed by atoms with Crippen LogP contribution in [0.1, 0.15) is 24.2 Å². The first-order chi connectivity index (χ1) is 9.45. The van der Waals surface area contributed by atoms with E-state index in [0.717, 1.165) is 0 Å². The molecule has 1 rings (SSSR count). The maximum absolute atomic E-state index is 12.0. The van der Waals surface area contributed by atoms with Gasteiger partial charge in [-0.25, -0.2) is 0 Å². The molecule has 0 aliphatic heterocycles. The molecule has 0 unspecified atom stereocenters. The third-order valence-corrected chi connectivity index (χ3v) is 2.61. The Morgan fingerprint density at radius 2 is 2.00 bits per heavy atom. The molecule has 0 aliphatic rings. The van der Waals surface area contributed by atoms with Crippen molar-refractivity contribution in [3.05, 3.63) is 23.8 Å². The minimum absolute atomic E-state index is 0.0799. The Kier molecular flexibility index (Phi) is 5.83. The Labute approximate surface area is 118 Å². The monoisotopic (exact) mass is 279 g/mol. The van der Waals surface area contributed by atoms with Crippen molar-refractivity contribution in [1.29, 1.82) is 0 Å². The first kappa shape index (κ1) is 15.8. The van der Waals surface area contributed by atoms with Crippen LogP contribution in [0.3, 0.4) is 0 Å². The van der Waals surface area contributed by atoms with Gasteiger partial charge in [-0.3, -0.25) is 9.59 Å². The molecule has 0 bridgehead atoms. The lowest BCUT2D eigenvalue weighted by molar-refractivity contribution is -0.120. The number of benzene rings is 1. The summed E-state index contributed by atoms with van der Waals surface area (Å²) in [6.07, 6.45) is 0. The summed E-state index contributed by atoms with van der Waals surface area (Å²) in [6.45, 7) is 4.49. The molecule has 6 nitrogen and oxygen atoms in total. The van der Waals surface area contributed by atoms with Gasteiger partial charge in [-0.15, -0.1) is 0 Å². The SMILES string of the molecule is COc1c(N)cccc1C(=O)NCC(=O)NCC(C)C. The summed E-state index contributed by atoms with van der Waals surface area (Å²) < 4.78 is 5.10. The molecule has 6 heteroatoms. The Morgan fingerprint density at radius 3 is 2.60 bits per heavy atom. The molecule has 0 atom stereocenters. The standard InChI is InChI=1S/C14H21N3O3/c1-9(2)7-16-12(18)8-17-14(19)10-5-4-6-11(15)13(10)20-3/h4-6,9H,7-8,15H2,1-3H3,(H,16,18)(H,17,19). The fraction of sp³-hybridized carbons (Fsp3) is 0.429. The number of methoxy groups -OCH3 is 1. The largest absolute Gasteiger partial charge is 0.494 e. The second-order valence-corrected chi connectivity index (χ2v) is 4.81. The maximum Gasteiger partial charge on any atom is 0.255 e. The van der Waals surface area contributed by atoms with E-state index >= 15 is 0 Å². The van der Waals surface area contributed by atoms with Crippen molar-refractivity contribution in [1.82, 2.24) is 10.6 Å². The molecule has 110 valence electrons. The van der Waals surface area contributed by atoms with Crippen molar-refractivity contribution < 1.29 is 14.3 Å². The Morgan fingerprint density at radius 1 is 1.30 bits per heavy atom. The number of nitrogens with two attached hydrogens (primary N) is 1. The molecule has 0 saturated heterocycles. The Hall–Kier alpha value is -2.24. The van der Waals surface area contributed by atoms with E-state index in [4.69, 9.17) is 10.5 Å². The Balaban J connectivity index is 2.59. The van der Waals surface area contributed by atoms with E-state index < -0.39 is 5.91 Å². The van der Waals surface area contributed by atoms with Gasteiger partial charge in [0, 0.05) is 6.54 Å². The number of nitrogen functional groups attached to an aromatic ring is 1. The van der Waals surface area contributed by atoms with Gasteiger partial charge in [0.1, 0.15) is 0 Å².